The van der Waals surface area contributed by atoms with E-state index in [4.69, 9.17) is 0 Å². The summed E-state index contributed by atoms with van der Waals surface area (Å²) in [7, 11) is 0. The lowest BCUT2D eigenvalue weighted by Crippen LogP contribution is -2.05. The molecule has 0 aliphatic rings. The Kier molecular flexibility index (Phi) is 3.79. The van der Waals surface area contributed by atoms with E-state index in [2.05, 4.69) is 11.4 Å². The Hall–Kier alpha value is -1.97. The van der Waals surface area contributed by atoms with Gasteiger partial charge in [0.1, 0.15) is 0 Å². The van der Waals surface area contributed by atoms with Crippen LogP contribution < -0.4 is 5.32 Å². The lowest BCUT2D eigenvalue weighted by Gasteiger charge is -2.09. The van der Waals surface area contributed by atoms with Crippen molar-refractivity contribution in [3.63, 3.8) is 0 Å². The predicted octanol–water partition coefficient (Wildman–Crippen LogP) is 4.43. The Bertz CT molecular complexity index is 527. The Morgan fingerprint density at radius 2 is 1.74 bits per heavy atom. The first-order chi connectivity index (χ1) is 8.95. The maximum atomic E-state index is 12.4. The summed E-state index contributed by atoms with van der Waals surface area (Å²) in [4.78, 5) is 0. The fourth-order valence-electron chi connectivity index (χ4n) is 1.61. The van der Waals surface area contributed by atoms with Gasteiger partial charge in [-0.3, -0.25) is 0 Å². The number of halogens is 3. The molecule has 0 fully saturated rings. The molecule has 2 rings (SSSR count). The van der Waals surface area contributed by atoms with Crippen LogP contribution in [0.4, 0.5) is 18.9 Å². The minimum absolute atomic E-state index is 0.550. The van der Waals surface area contributed by atoms with E-state index >= 15 is 0 Å². The fraction of sp³-hybridized carbons (Fsp3) is 0.200. The van der Waals surface area contributed by atoms with Crippen LogP contribution in [0.3, 0.4) is 0 Å². The normalized spacial score (nSPS) is 11.4. The monoisotopic (exact) mass is 264 g/mol. The molecule has 0 bridgehead atoms. The molecule has 0 aromatic heterocycles. The van der Waals surface area contributed by atoms with Crippen LogP contribution in [-0.4, -0.2) is 0 Å². The molecule has 1 N–H and O–H groups in total. The maximum absolute atomic E-state index is 12.4. The third kappa shape index (κ3) is 3.74. The van der Waals surface area contributed by atoms with Gasteiger partial charge in [0, 0.05) is 18.3 Å². The minimum atomic E-state index is -4.31. The highest BCUT2D eigenvalue weighted by molar-refractivity contribution is 5.44. The van der Waals surface area contributed by atoms with Crippen LogP contribution in [0.25, 0.3) is 0 Å². The molecule has 0 unspecified atom stereocenters. The van der Waals surface area contributed by atoms with Crippen LogP contribution in [0.1, 0.15) is 16.7 Å². The lowest BCUT2D eigenvalue weighted by atomic mass is 10.1. The van der Waals surface area contributed by atoms with Crippen LogP contribution >= 0.6 is 0 Å². The van der Waals surface area contributed by atoms with E-state index in [1.807, 2.05) is 31.2 Å². The zero-order valence-corrected chi connectivity index (χ0v) is 10.4. The number of rotatable bonds is 3. The Balaban J connectivity index is 1.98. The van der Waals surface area contributed by atoms with Crippen molar-refractivity contribution in [3.05, 3.63) is 65.2 Å². The molecular weight excluding hydrogens is 251 g/mol. The molecule has 0 heterocycles. The van der Waals surface area contributed by atoms with E-state index in [9.17, 15) is 13.2 Å². The summed E-state index contributed by atoms with van der Waals surface area (Å²) in [5, 5.41) is 3.04. The second-order valence-corrected chi connectivity index (χ2v) is 4.33. The average molecular weight is 264 g/mol. The number of benzene rings is 2. The molecule has 2 aromatic rings. The molecule has 0 atom stereocenters. The van der Waals surface area contributed by atoms with Crippen LogP contribution in [0, 0.1) is 13.0 Å². The van der Waals surface area contributed by atoms with Gasteiger partial charge in [0.25, 0.3) is 0 Å². The van der Waals surface area contributed by atoms with Gasteiger partial charge in [0.05, 0.1) is 5.56 Å². The summed E-state index contributed by atoms with van der Waals surface area (Å²) in [5.41, 5.74) is 2.10. The summed E-state index contributed by atoms with van der Waals surface area (Å²) in [6.07, 6.45) is -4.31. The van der Waals surface area contributed by atoms with Crippen molar-refractivity contribution < 1.29 is 13.2 Å². The third-order valence-electron chi connectivity index (χ3n) is 2.74. The molecule has 99 valence electrons. The Labute approximate surface area is 110 Å². The molecule has 0 spiro atoms. The first-order valence-electron chi connectivity index (χ1n) is 5.83. The van der Waals surface area contributed by atoms with Gasteiger partial charge in [0.15, 0.2) is 0 Å². The van der Waals surface area contributed by atoms with Crippen molar-refractivity contribution in [2.24, 2.45) is 0 Å². The minimum Gasteiger partial charge on any atom is -0.380 e. The Morgan fingerprint density at radius 1 is 1.05 bits per heavy atom. The van der Waals surface area contributed by atoms with E-state index in [0.717, 1.165) is 17.7 Å². The molecule has 0 amide bonds. The quantitative estimate of drug-likeness (QED) is 0.865. The molecule has 4 heteroatoms. The largest absolute Gasteiger partial charge is 0.416 e. The van der Waals surface area contributed by atoms with Crippen LogP contribution in [-0.2, 0) is 12.7 Å². The highest BCUT2D eigenvalue weighted by atomic mass is 19.4. The van der Waals surface area contributed by atoms with Gasteiger partial charge in [-0.1, -0.05) is 29.8 Å². The molecule has 1 radical (unpaired) electrons. The van der Waals surface area contributed by atoms with E-state index in [1.54, 1.807) is 0 Å². The highest BCUT2D eigenvalue weighted by Crippen LogP contribution is 2.29. The number of aryl methyl sites for hydroxylation is 1. The standard InChI is InChI=1S/C15H13F3N/c1-11-2-4-12(5-3-11)10-19-14-8-6-13(7-9-14)15(16,17)18/h2-8,19H,10H2,1H3. The molecular formula is C15H13F3N. The van der Waals surface area contributed by atoms with E-state index in [-0.39, 0.29) is 0 Å². The van der Waals surface area contributed by atoms with Gasteiger partial charge in [-0.15, -0.1) is 0 Å². The number of alkyl halides is 3. The summed E-state index contributed by atoms with van der Waals surface area (Å²) in [6.45, 7) is 2.56. The molecule has 0 saturated heterocycles. The van der Waals surface area contributed by atoms with Crippen LogP contribution in [0.5, 0.6) is 0 Å². The van der Waals surface area contributed by atoms with Gasteiger partial charge in [-0.25, -0.2) is 0 Å². The van der Waals surface area contributed by atoms with E-state index in [1.165, 1.54) is 11.6 Å². The van der Waals surface area contributed by atoms with Gasteiger partial charge in [-0.05, 0) is 30.7 Å². The van der Waals surface area contributed by atoms with Crippen molar-refractivity contribution in [2.75, 3.05) is 5.32 Å². The van der Waals surface area contributed by atoms with Gasteiger partial charge < -0.3 is 5.32 Å². The van der Waals surface area contributed by atoms with Crippen molar-refractivity contribution in [1.82, 2.24) is 0 Å². The molecule has 1 nitrogen and oxygen atoms in total. The van der Waals surface area contributed by atoms with Gasteiger partial charge >= 0.3 is 6.18 Å². The fourth-order valence-corrected chi connectivity index (χ4v) is 1.61. The molecule has 0 aliphatic heterocycles. The topological polar surface area (TPSA) is 12.0 Å². The lowest BCUT2D eigenvalue weighted by molar-refractivity contribution is -0.137. The van der Waals surface area contributed by atoms with Crippen molar-refractivity contribution in [2.45, 2.75) is 19.6 Å². The van der Waals surface area contributed by atoms with Gasteiger partial charge in [-0.2, -0.15) is 13.2 Å². The van der Waals surface area contributed by atoms with Crippen LogP contribution in [0.15, 0.2) is 42.5 Å². The summed E-state index contributed by atoms with van der Waals surface area (Å²) in [5.74, 6) is 0. The number of anilines is 1. The molecule has 0 aliphatic carbocycles. The molecule has 19 heavy (non-hydrogen) atoms. The second kappa shape index (κ2) is 5.34. The van der Waals surface area contributed by atoms with Crippen molar-refractivity contribution in [1.29, 1.82) is 0 Å². The number of nitrogens with one attached hydrogen (secondary N) is 1. The SMILES string of the molecule is Cc1ccc(CNc2[c]cc(C(F)(F)F)cc2)cc1. The van der Waals surface area contributed by atoms with Gasteiger partial charge in [0.2, 0.25) is 0 Å². The summed E-state index contributed by atoms with van der Waals surface area (Å²) in [6, 6.07) is 13.9. The zero-order chi connectivity index (χ0) is 13.9. The van der Waals surface area contributed by atoms with Crippen molar-refractivity contribution in [3.8, 4) is 0 Å². The molecule has 0 saturated carbocycles. The summed E-state index contributed by atoms with van der Waals surface area (Å²) < 4.78 is 37.1. The van der Waals surface area contributed by atoms with Crippen LogP contribution in [0.2, 0.25) is 0 Å². The van der Waals surface area contributed by atoms with E-state index in [0.29, 0.717) is 12.2 Å². The number of hydrogen-bond acceptors (Lipinski definition) is 1. The smallest absolute Gasteiger partial charge is 0.380 e. The maximum Gasteiger partial charge on any atom is 0.416 e. The zero-order valence-electron chi connectivity index (χ0n) is 10.4. The first kappa shape index (κ1) is 13.5. The van der Waals surface area contributed by atoms with E-state index < -0.39 is 11.7 Å². The second-order valence-electron chi connectivity index (χ2n) is 4.33. The number of hydrogen-bond donors (Lipinski definition) is 1. The average Bonchev–Trinajstić information content (AvgIpc) is 2.37. The third-order valence-corrected chi connectivity index (χ3v) is 2.74. The molecule has 2 aromatic carbocycles. The summed E-state index contributed by atoms with van der Waals surface area (Å²) >= 11 is 0. The highest BCUT2D eigenvalue weighted by Gasteiger charge is 2.29. The predicted molar refractivity (Wildman–Crippen MR) is 68.8 cm³/mol. The van der Waals surface area contributed by atoms with Crippen molar-refractivity contribution >= 4 is 5.69 Å². The Morgan fingerprint density at radius 3 is 2.26 bits per heavy atom. The first-order valence-corrected chi connectivity index (χ1v) is 5.83.